The third kappa shape index (κ3) is 9.42. The maximum absolute atomic E-state index is 14.2. The zero-order valence-electron chi connectivity index (χ0n) is 27.3. The van der Waals surface area contributed by atoms with Gasteiger partial charge in [0.2, 0.25) is 5.91 Å². The van der Waals surface area contributed by atoms with Crippen LogP contribution < -0.4 is 10.2 Å². The number of alkyl carbamates (subject to hydrolysis) is 1. The van der Waals surface area contributed by atoms with Crippen LogP contribution in [0, 0.1) is 0 Å². The molecule has 0 spiro atoms. The number of hydrogen-bond acceptors (Lipinski definition) is 6. The van der Waals surface area contributed by atoms with E-state index in [-0.39, 0.29) is 37.9 Å². The lowest BCUT2D eigenvalue weighted by atomic mass is 9.94. The molecule has 1 N–H and O–H groups in total. The van der Waals surface area contributed by atoms with Crippen LogP contribution in [0.5, 0.6) is 0 Å². The van der Waals surface area contributed by atoms with Gasteiger partial charge in [0.15, 0.2) is 0 Å². The van der Waals surface area contributed by atoms with Crippen molar-refractivity contribution in [2.75, 3.05) is 31.1 Å². The van der Waals surface area contributed by atoms with Crippen molar-refractivity contribution >= 4 is 29.6 Å². The molecule has 0 bridgehead atoms. The fraction of sp³-hybridized carbons (Fsp3) is 0.405. The number of carbonyl (C=O) groups excluding carboxylic acids is 4. The molecule has 1 aliphatic heterocycles. The van der Waals surface area contributed by atoms with Crippen molar-refractivity contribution in [3.63, 3.8) is 0 Å². The molecule has 3 aromatic rings. The first kappa shape index (κ1) is 34.2. The molecule has 0 aliphatic carbocycles. The molecule has 3 amide bonds. The number of nitrogens with one attached hydrogen (secondary N) is 1. The highest BCUT2D eigenvalue weighted by Crippen LogP contribution is 2.38. The molecule has 1 heterocycles. The number of carbonyl (C=O) groups is 4. The van der Waals surface area contributed by atoms with Crippen molar-refractivity contribution < 1.29 is 28.7 Å². The first-order chi connectivity index (χ1) is 22.1. The quantitative estimate of drug-likeness (QED) is 0.172. The van der Waals surface area contributed by atoms with Gasteiger partial charge in [-0.1, -0.05) is 73.2 Å². The van der Waals surface area contributed by atoms with E-state index in [0.29, 0.717) is 17.8 Å². The van der Waals surface area contributed by atoms with Crippen molar-refractivity contribution in [1.29, 1.82) is 0 Å². The third-order valence-electron chi connectivity index (χ3n) is 7.62. The molecule has 0 aromatic heterocycles. The first-order valence-electron chi connectivity index (χ1n) is 16.0. The van der Waals surface area contributed by atoms with Crippen molar-refractivity contribution in [1.82, 2.24) is 10.2 Å². The van der Waals surface area contributed by atoms with Crippen LogP contribution in [0.1, 0.15) is 86.5 Å². The summed E-state index contributed by atoms with van der Waals surface area (Å²) in [5.74, 6) is -0.944. The Bertz CT molecular complexity index is 1450. The molecule has 3 aromatic carbocycles. The molecule has 0 fully saturated rings. The van der Waals surface area contributed by atoms with Crippen LogP contribution in [-0.4, -0.2) is 60.6 Å². The number of anilines is 1. The normalized spacial score (nSPS) is 13.3. The highest BCUT2D eigenvalue weighted by molar-refractivity contribution is 6.10. The van der Waals surface area contributed by atoms with E-state index >= 15 is 0 Å². The van der Waals surface area contributed by atoms with Crippen molar-refractivity contribution in [2.45, 2.75) is 71.4 Å². The highest BCUT2D eigenvalue weighted by Gasteiger charge is 2.37. The standard InChI is InChI=1S/C37H45N3O6/c1-5-45-33(42)22-24-39-26-32(41)40(34(28-16-10-6-11-17-28)29-18-12-7-13-19-29)31-25-27(20-21-30(31)35(39)43)15-9-8-14-23-38-36(44)46-37(2,3)4/h6-7,10-13,16-21,25,34H,5,8-9,14-15,22-24,26H2,1-4H3,(H,38,44). The smallest absolute Gasteiger partial charge is 0.407 e. The minimum Gasteiger partial charge on any atom is -0.466 e. The molecule has 9 heteroatoms. The number of amides is 3. The lowest BCUT2D eigenvalue weighted by Gasteiger charge is -2.33. The molecule has 0 saturated carbocycles. The number of aryl methyl sites for hydroxylation is 1. The molecule has 0 atom stereocenters. The molecule has 244 valence electrons. The summed E-state index contributed by atoms with van der Waals surface area (Å²) in [7, 11) is 0. The van der Waals surface area contributed by atoms with Crippen LogP contribution in [0.4, 0.5) is 10.5 Å². The molecule has 46 heavy (non-hydrogen) atoms. The number of unbranched alkanes of at least 4 members (excludes halogenated alkanes) is 2. The van der Waals surface area contributed by atoms with E-state index in [1.165, 1.54) is 4.90 Å². The monoisotopic (exact) mass is 627 g/mol. The van der Waals surface area contributed by atoms with E-state index in [4.69, 9.17) is 9.47 Å². The van der Waals surface area contributed by atoms with Crippen molar-refractivity contribution in [3.8, 4) is 0 Å². The number of hydrogen-bond donors (Lipinski definition) is 1. The summed E-state index contributed by atoms with van der Waals surface area (Å²) in [4.78, 5) is 55.5. The SMILES string of the molecule is CCOC(=O)CCN1CC(=O)N(C(c2ccccc2)c2ccccc2)c2cc(CCCCCNC(=O)OC(C)(C)C)ccc2C1=O. The molecular formula is C37H45N3O6. The maximum atomic E-state index is 14.2. The zero-order chi connectivity index (χ0) is 33.1. The summed E-state index contributed by atoms with van der Waals surface area (Å²) in [5.41, 5.74) is 3.27. The van der Waals surface area contributed by atoms with E-state index in [1.807, 2.05) is 93.6 Å². The fourth-order valence-electron chi connectivity index (χ4n) is 5.55. The second-order valence-electron chi connectivity index (χ2n) is 12.4. The minimum absolute atomic E-state index is 0.00383. The van der Waals surface area contributed by atoms with Crippen LogP contribution >= 0.6 is 0 Å². The van der Waals surface area contributed by atoms with E-state index in [9.17, 15) is 19.2 Å². The van der Waals surface area contributed by atoms with Crippen LogP contribution in [0.3, 0.4) is 0 Å². The molecule has 0 radical (unpaired) electrons. The number of rotatable bonds is 13. The second-order valence-corrected chi connectivity index (χ2v) is 12.4. The van der Waals surface area contributed by atoms with Crippen molar-refractivity contribution in [3.05, 3.63) is 101 Å². The minimum atomic E-state index is -0.538. The topological polar surface area (TPSA) is 105 Å². The molecule has 4 rings (SSSR count). The number of benzene rings is 3. The van der Waals surface area contributed by atoms with Gasteiger partial charge >= 0.3 is 12.1 Å². The molecule has 9 nitrogen and oxygen atoms in total. The maximum Gasteiger partial charge on any atom is 0.407 e. The van der Waals surface area contributed by atoms with Gasteiger partial charge in [-0.05, 0) is 75.8 Å². The Balaban J connectivity index is 1.61. The first-order valence-corrected chi connectivity index (χ1v) is 16.0. The molecule has 0 saturated heterocycles. The van der Waals surface area contributed by atoms with Crippen LogP contribution in [-0.2, 0) is 25.5 Å². The van der Waals surface area contributed by atoms with Gasteiger partial charge in [-0.25, -0.2) is 4.79 Å². The summed E-state index contributed by atoms with van der Waals surface area (Å²) in [5, 5.41) is 2.80. The van der Waals surface area contributed by atoms with Crippen molar-refractivity contribution in [2.24, 2.45) is 0 Å². The lowest BCUT2D eigenvalue weighted by molar-refractivity contribution is -0.143. The van der Waals surface area contributed by atoms with Gasteiger partial charge in [0.1, 0.15) is 12.1 Å². The second kappa shape index (κ2) is 16.1. The zero-order valence-corrected chi connectivity index (χ0v) is 27.3. The fourth-order valence-corrected chi connectivity index (χ4v) is 5.55. The van der Waals surface area contributed by atoms with Gasteiger partial charge in [-0.2, -0.15) is 0 Å². The van der Waals surface area contributed by atoms with E-state index in [1.54, 1.807) is 17.9 Å². The Kier molecular flexibility index (Phi) is 11.9. The van der Waals surface area contributed by atoms with Gasteiger partial charge in [0, 0.05) is 13.1 Å². The van der Waals surface area contributed by atoms with Gasteiger partial charge in [0.05, 0.1) is 30.3 Å². The largest absolute Gasteiger partial charge is 0.466 e. The summed E-state index contributed by atoms with van der Waals surface area (Å²) in [6.07, 6.45) is 2.87. The van der Waals surface area contributed by atoms with E-state index in [2.05, 4.69) is 5.32 Å². The van der Waals surface area contributed by atoms with E-state index < -0.39 is 23.7 Å². The van der Waals surface area contributed by atoms with E-state index in [0.717, 1.165) is 42.4 Å². The van der Waals surface area contributed by atoms with Crippen LogP contribution in [0.2, 0.25) is 0 Å². The number of ether oxygens (including phenoxy) is 2. The summed E-state index contributed by atoms with van der Waals surface area (Å²) >= 11 is 0. The summed E-state index contributed by atoms with van der Waals surface area (Å²) in [6, 6.07) is 24.8. The number of fused-ring (bicyclic) bond motifs is 1. The van der Waals surface area contributed by atoms with Crippen LogP contribution in [0.15, 0.2) is 78.9 Å². The number of esters is 1. The Morgan fingerprint density at radius 1 is 0.891 bits per heavy atom. The van der Waals surface area contributed by atoms with Crippen LogP contribution in [0.25, 0.3) is 0 Å². The number of nitrogens with zero attached hydrogens (tertiary/aromatic N) is 2. The summed E-state index contributed by atoms with van der Waals surface area (Å²) < 4.78 is 10.4. The average Bonchev–Trinajstić information content (AvgIpc) is 3.12. The predicted octanol–water partition coefficient (Wildman–Crippen LogP) is 6.46. The Morgan fingerprint density at radius 3 is 2.15 bits per heavy atom. The van der Waals surface area contributed by atoms with Gasteiger partial charge in [-0.3, -0.25) is 19.3 Å². The van der Waals surface area contributed by atoms with Gasteiger partial charge in [-0.15, -0.1) is 0 Å². The molecule has 1 aliphatic rings. The highest BCUT2D eigenvalue weighted by atomic mass is 16.6. The van der Waals surface area contributed by atoms with Gasteiger partial charge < -0.3 is 19.7 Å². The Hall–Kier alpha value is -4.66. The Labute approximate surface area is 271 Å². The Morgan fingerprint density at radius 2 is 1.54 bits per heavy atom. The van der Waals surface area contributed by atoms with Gasteiger partial charge in [0.25, 0.3) is 5.91 Å². The predicted molar refractivity (Wildman–Crippen MR) is 178 cm³/mol. The third-order valence-corrected chi connectivity index (χ3v) is 7.62. The lowest BCUT2D eigenvalue weighted by Crippen LogP contribution is -2.42. The average molecular weight is 628 g/mol. The summed E-state index contributed by atoms with van der Waals surface area (Å²) in [6.45, 7) is 7.92. The molecule has 0 unspecified atom stereocenters. The molecular weight excluding hydrogens is 582 g/mol.